The largest absolute Gasteiger partial charge is 0.207 e. The number of aryl methyl sites for hydroxylation is 2. The molecule has 0 radical (unpaired) electrons. The molecule has 0 aliphatic heterocycles. The third-order valence-corrected chi connectivity index (χ3v) is 5.31. The minimum absolute atomic E-state index is 0.264. The number of benzene rings is 1. The zero-order valence-electron chi connectivity index (χ0n) is 9.73. The molecule has 1 aromatic heterocycles. The van der Waals surface area contributed by atoms with Crippen molar-refractivity contribution in [1.82, 2.24) is 0 Å². The lowest BCUT2D eigenvalue weighted by Crippen LogP contribution is -1.99. The lowest BCUT2D eigenvalue weighted by atomic mass is 10.0. The van der Waals surface area contributed by atoms with Crippen molar-refractivity contribution in [2.75, 3.05) is 0 Å². The van der Waals surface area contributed by atoms with E-state index < -0.39 is 11.6 Å². The smallest absolute Gasteiger partial charge is 0.130 e. The summed E-state index contributed by atoms with van der Waals surface area (Å²) < 4.78 is 28.1. The molecule has 0 N–H and O–H groups in total. The molecule has 1 unspecified atom stereocenters. The topological polar surface area (TPSA) is 0 Å². The molecule has 0 spiro atoms. The number of thiophene rings is 1. The molecule has 0 bridgehead atoms. The van der Waals surface area contributed by atoms with E-state index in [1.54, 1.807) is 24.3 Å². The zero-order valence-corrected chi connectivity index (χ0v) is 13.7. The van der Waals surface area contributed by atoms with Gasteiger partial charge in [-0.15, -0.1) is 11.3 Å². The van der Waals surface area contributed by atoms with Gasteiger partial charge in [-0.25, -0.2) is 8.78 Å². The number of hydrogen-bond acceptors (Lipinski definition) is 1. The van der Waals surface area contributed by atoms with E-state index in [0.29, 0.717) is 11.1 Å². The normalized spacial score (nSPS) is 12.8. The van der Waals surface area contributed by atoms with Crippen molar-refractivity contribution >= 4 is 43.2 Å². The molecule has 0 fully saturated rings. The summed E-state index contributed by atoms with van der Waals surface area (Å²) in [5, 5.41) is 0. The lowest BCUT2D eigenvalue weighted by Gasteiger charge is -2.12. The third-order valence-electron chi connectivity index (χ3n) is 2.75. The number of hydrogen-bond donors (Lipinski definition) is 0. The number of halogens is 4. The molecule has 0 nitrogen and oxygen atoms in total. The molecule has 1 atom stereocenters. The van der Waals surface area contributed by atoms with Crippen LogP contribution in [0.2, 0.25) is 0 Å². The molecule has 0 saturated carbocycles. The monoisotopic (exact) mass is 394 g/mol. The maximum atomic E-state index is 13.8. The molecule has 96 valence electrons. The van der Waals surface area contributed by atoms with E-state index in [1.165, 1.54) is 0 Å². The summed E-state index contributed by atoms with van der Waals surface area (Å²) in [4.78, 5) is 0.837. The van der Waals surface area contributed by atoms with Crippen LogP contribution in [0.15, 0.2) is 22.0 Å². The van der Waals surface area contributed by atoms with Crippen molar-refractivity contribution in [2.24, 2.45) is 0 Å². The highest BCUT2D eigenvalue weighted by Gasteiger charge is 2.20. The summed E-state index contributed by atoms with van der Waals surface area (Å²) in [6.45, 7) is 3.61. The van der Waals surface area contributed by atoms with Gasteiger partial charge in [-0.1, -0.05) is 15.9 Å². The highest BCUT2D eigenvalue weighted by Crippen LogP contribution is 2.39. The summed E-state index contributed by atoms with van der Waals surface area (Å²) in [6, 6.07) is 4.45. The van der Waals surface area contributed by atoms with Crippen molar-refractivity contribution in [3.05, 3.63) is 55.2 Å². The van der Waals surface area contributed by atoms with E-state index in [9.17, 15) is 8.78 Å². The fourth-order valence-corrected chi connectivity index (χ4v) is 4.48. The molecule has 1 heterocycles. The molecule has 1 aromatic carbocycles. The van der Waals surface area contributed by atoms with Crippen LogP contribution in [0.3, 0.4) is 0 Å². The summed E-state index contributed by atoms with van der Waals surface area (Å²) in [7, 11) is 0. The molecule has 0 saturated heterocycles. The van der Waals surface area contributed by atoms with Gasteiger partial charge in [0.2, 0.25) is 0 Å². The first-order valence-electron chi connectivity index (χ1n) is 5.25. The average Bonchev–Trinajstić information content (AvgIpc) is 2.62. The summed E-state index contributed by atoms with van der Waals surface area (Å²) in [5.41, 5.74) is 1.90. The van der Waals surface area contributed by atoms with Crippen LogP contribution in [-0.4, -0.2) is 0 Å². The maximum absolute atomic E-state index is 13.8. The Hall–Kier alpha value is -0.260. The third kappa shape index (κ3) is 2.68. The average molecular weight is 396 g/mol. The van der Waals surface area contributed by atoms with Crippen LogP contribution in [0, 0.1) is 25.5 Å². The zero-order chi connectivity index (χ0) is 13.4. The molecular formula is C13H10Br2F2S. The summed E-state index contributed by atoms with van der Waals surface area (Å²) in [5.74, 6) is -1.04. The van der Waals surface area contributed by atoms with Gasteiger partial charge in [-0.05, 0) is 53.0 Å². The van der Waals surface area contributed by atoms with Crippen LogP contribution in [-0.2, 0) is 0 Å². The second-order valence-corrected chi connectivity index (χ2v) is 7.60. The number of rotatable bonds is 2. The summed E-state index contributed by atoms with van der Waals surface area (Å²) in [6.07, 6.45) is 0. The van der Waals surface area contributed by atoms with Crippen molar-refractivity contribution in [3.8, 4) is 0 Å². The van der Waals surface area contributed by atoms with Gasteiger partial charge in [0, 0.05) is 16.5 Å². The minimum Gasteiger partial charge on any atom is -0.207 e. The van der Waals surface area contributed by atoms with E-state index in [-0.39, 0.29) is 4.83 Å². The molecular weight excluding hydrogens is 386 g/mol. The summed E-state index contributed by atoms with van der Waals surface area (Å²) >= 11 is 8.50. The fraction of sp³-hybridized carbons (Fsp3) is 0.231. The predicted molar refractivity (Wildman–Crippen MR) is 78.6 cm³/mol. The Morgan fingerprint density at radius 3 is 2.28 bits per heavy atom. The Labute approximate surface area is 125 Å². The Balaban J connectivity index is 2.49. The van der Waals surface area contributed by atoms with Crippen LogP contribution >= 0.6 is 43.2 Å². The first-order chi connectivity index (χ1) is 8.40. The van der Waals surface area contributed by atoms with Gasteiger partial charge in [0.15, 0.2) is 0 Å². The molecule has 0 amide bonds. The molecule has 18 heavy (non-hydrogen) atoms. The van der Waals surface area contributed by atoms with Gasteiger partial charge in [0.1, 0.15) is 11.6 Å². The van der Waals surface area contributed by atoms with Crippen LogP contribution in [0.5, 0.6) is 0 Å². The van der Waals surface area contributed by atoms with Crippen molar-refractivity contribution in [2.45, 2.75) is 18.7 Å². The van der Waals surface area contributed by atoms with Crippen LogP contribution in [0.25, 0.3) is 0 Å². The molecule has 5 heteroatoms. The standard InChI is InChI=1S/C13H10Br2F2S/c1-6-3-9(11(17)5-10(6)16)13(15)8-4-12(14)18-7(8)2/h3-5,13H,1-2H3. The Bertz CT molecular complexity index is 593. The van der Waals surface area contributed by atoms with Gasteiger partial charge in [0.25, 0.3) is 0 Å². The fourth-order valence-electron chi connectivity index (χ4n) is 1.75. The molecule has 2 aromatic rings. The van der Waals surface area contributed by atoms with Crippen LogP contribution < -0.4 is 0 Å². The van der Waals surface area contributed by atoms with E-state index in [2.05, 4.69) is 31.9 Å². The second-order valence-electron chi connectivity index (χ2n) is 4.05. The van der Waals surface area contributed by atoms with Crippen molar-refractivity contribution in [1.29, 1.82) is 0 Å². The van der Waals surface area contributed by atoms with E-state index in [1.807, 2.05) is 13.0 Å². The molecule has 2 rings (SSSR count). The predicted octanol–water partition coefficient (Wildman–Crippen LogP) is 5.89. The van der Waals surface area contributed by atoms with Crippen molar-refractivity contribution < 1.29 is 8.78 Å². The highest BCUT2D eigenvalue weighted by atomic mass is 79.9. The van der Waals surface area contributed by atoms with Gasteiger partial charge in [-0.3, -0.25) is 0 Å². The first-order valence-corrected chi connectivity index (χ1v) is 7.78. The van der Waals surface area contributed by atoms with Gasteiger partial charge >= 0.3 is 0 Å². The Kier molecular flexibility index (Phi) is 4.24. The van der Waals surface area contributed by atoms with Crippen molar-refractivity contribution in [3.63, 3.8) is 0 Å². The van der Waals surface area contributed by atoms with E-state index in [0.717, 1.165) is 20.3 Å². The molecule has 0 aliphatic rings. The van der Waals surface area contributed by atoms with Gasteiger partial charge in [-0.2, -0.15) is 0 Å². The van der Waals surface area contributed by atoms with Crippen LogP contribution in [0.4, 0.5) is 8.78 Å². The van der Waals surface area contributed by atoms with E-state index in [4.69, 9.17) is 0 Å². The Morgan fingerprint density at radius 2 is 1.72 bits per heavy atom. The van der Waals surface area contributed by atoms with Gasteiger partial charge < -0.3 is 0 Å². The maximum Gasteiger partial charge on any atom is 0.130 e. The number of alkyl halides is 1. The Morgan fingerprint density at radius 1 is 1.06 bits per heavy atom. The quantitative estimate of drug-likeness (QED) is 0.556. The second kappa shape index (κ2) is 5.39. The van der Waals surface area contributed by atoms with Crippen LogP contribution in [0.1, 0.15) is 26.4 Å². The SMILES string of the molecule is Cc1cc(C(Br)c2cc(Br)sc2C)c(F)cc1F. The van der Waals surface area contributed by atoms with Gasteiger partial charge in [0.05, 0.1) is 8.61 Å². The first kappa shape index (κ1) is 14.2. The minimum atomic E-state index is -0.526. The lowest BCUT2D eigenvalue weighted by molar-refractivity contribution is 0.569. The molecule has 0 aliphatic carbocycles. The highest BCUT2D eigenvalue weighted by molar-refractivity contribution is 9.11. The van der Waals surface area contributed by atoms with E-state index >= 15 is 0 Å².